The van der Waals surface area contributed by atoms with E-state index in [4.69, 9.17) is 5.73 Å². The largest absolute Gasteiger partial charge is 0.364 e. The lowest BCUT2D eigenvalue weighted by Gasteiger charge is -2.13. The van der Waals surface area contributed by atoms with Crippen LogP contribution in [-0.4, -0.2) is 36.7 Å². The Bertz CT molecular complexity index is 500. The van der Waals surface area contributed by atoms with Crippen LogP contribution in [0, 0.1) is 0 Å². The number of primary amides is 1. The third-order valence-corrected chi connectivity index (χ3v) is 4.50. The molecule has 0 radical (unpaired) electrons. The van der Waals surface area contributed by atoms with E-state index >= 15 is 0 Å². The standard InChI is InChI=1S/C9H13N3O3S/c10-9(13)8-5-7(6-11-8)16(14,15)12-3-1-2-4-12/h5-6,11H,1-4H2,(H2,10,13). The summed E-state index contributed by atoms with van der Waals surface area (Å²) in [5.74, 6) is -0.664. The Kier molecular flexibility index (Phi) is 2.73. The molecule has 0 spiro atoms. The van der Waals surface area contributed by atoms with Crippen molar-refractivity contribution in [2.24, 2.45) is 5.73 Å². The molecule has 0 bridgehead atoms. The predicted octanol–water partition coefficient (Wildman–Crippen LogP) is -0.102. The van der Waals surface area contributed by atoms with Crippen LogP contribution in [0.4, 0.5) is 0 Å². The van der Waals surface area contributed by atoms with Crippen molar-refractivity contribution in [1.82, 2.24) is 9.29 Å². The highest BCUT2D eigenvalue weighted by Crippen LogP contribution is 2.21. The van der Waals surface area contributed by atoms with Gasteiger partial charge in [0.1, 0.15) is 10.6 Å². The van der Waals surface area contributed by atoms with E-state index in [1.54, 1.807) is 0 Å². The minimum atomic E-state index is -3.46. The highest BCUT2D eigenvalue weighted by molar-refractivity contribution is 7.89. The van der Waals surface area contributed by atoms with Gasteiger partial charge in [0.25, 0.3) is 5.91 Å². The molecule has 1 aliphatic rings. The monoisotopic (exact) mass is 243 g/mol. The highest BCUT2D eigenvalue weighted by atomic mass is 32.2. The van der Waals surface area contributed by atoms with Crippen LogP contribution in [0.3, 0.4) is 0 Å². The molecule has 0 saturated carbocycles. The third kappa shape index (κ3) is 1.83. The lowest BCUT2D eigenvalue weighted by atomic mass is 10.4. The first kappa shape index (κ1) is 11.2. The van der Waals surface area contributed by atoms with Crippen molar-refractivity contribution >= 4 is 15.9 Å². The number of hydrogen-bond donors (Lipinski definition) is 2. The molecule has 7 heteroatoms. The van der Waals surface area contributed by atoms with Crippen molar-refractivity contribution < 1.29 is 13.2 Å². The molecule has 16 heavy (non-hydrogen) atoms. The first-order chi connectivity index (χ1) is 7.51. The summed E-state index contributed by atoms with van der Waals surface area (Å²) < 4.78 is 25.5. The smallest absolute Gasteiger partial charge is 0.265 e. The minimum absolute atomic E-state index is 0.100. The first-order valence-electron chi connectivity index (χ1n) is 5.00. The molecule has 88 valence electrons. The van der Waals surface area contributed by atoms with Gasteiger partial charge in [-0.1, -0.05) is 0 Å². The van der Waals surface area contributed by atoms with Crippen molar-refractivity contribution in [2.75, 3.05) is 13.1 Å². The number of carbonyl (C=O) groups excluding carboxylic acids is 1. The van der Waals surface area contributed by atoms with Gasteiger partial charge in [0, 0.05) is 19.3 Å². The fourth-order valence-corrected chi connectivity index (χ4v) is 3.25. The minimum Gasteiger partial charge on any atom is -0.364 e. The van der Waals surface area contributed by atoms with E-state index in [9.17, 15) is 13.2 Å². The molecule has 0 atom stereocenters. The van der Waals surface area contributed by atoms with Crippen LogP contribution >= 0.6 is 0 Å². The van der Waals surface area contributed by atoms with Crippen molar-refractivity contribution in [2.45, 2.75) is 17.7 Å². The maximum Gasteiger partial charge on any atom is 0.265 e. The summed E-state index contributed by atoms with van der Waals surface area (Å²) in [6.07, 6.45) is 3.06. The SMILES string of the molecule is NC(=O)c1cc(S(=O)(=O)N2CCCC2)c[nH]1. The van der Waals surface area contributed by atoms with Crippen molar-refractivity contribution in [3.63, 3.8) is 0 Å². The number of nitrogens with two attached hydrogens (primary N) is 1. The molecule has 1 aromatic rings. The summed E-state index contributed by atoms with van der Waals surface area (Å²) in [6, 6.07) is 1.27. The van der Waals surface area contributed by atoms with Gasteiger partial charge in [-0.05, 0) is 18.9 Å². The molecule has 1 aromatic heterocycles. The Morgan fingerprint density at radius 1 is 1.38 bits per heavy atom. The van der Waals surface area contributed by atoms with Gasteiger partial charge >= 0.3 is 0 Å². The van der Waals surface area contributed by atoms with Crippen LogP contribution in [0.1, 0.15) is 23.3 Å². The number of aromatic amines is 1. The van der Waals surface area contributed by atoms with Crippen LogP contribution in [0.5, 0.6) is 0 Å². The number of nitrogens with zero attached hydrogens (tertiary/aromatic N) is 1. The van der Waals surface area contributed by atoms with Crippen molar-refractivity contribution in [1.29, 1.82) is 0 Å². The quantitative estimate of drug-likeness (QED) is 0.775. The van der Waals surface area contributed by atoms with Gasteiger partial charge in [0.2, 0.25) is 10.0 Å². The molecule has 1 amide bonds. The number of carbonyl (C=O) groups is 1. The molecular formula is C9H13N3O3S. The number of amides is 1. The number of H-pyrrole nitrogens is 1. The van der Waals surface area contributed by atoms with E-state index in [1.165, 1.54) is 16.6 Å². The topological polar surface area (TPSA) is 96.3 Å². The normalized spacial score (nSPS) is 17.8. The lowest BCUT2D eigenvalue weighted by molar-refractivity contribution is 0.0996. The van der Waals surface area contributed by atoms with E-state index in [2.05, 4.69) is 4.98 Å². The van der Waals surface area contributed by atoms with Crippen LogP contribution in [-0.2, 0) is 10.0 Å². The van der Waals surface area contributed by atoms with Crippen LogP contribution in [0.25, 0.3) is 0 Å². The van der Waals surface area contributed by atoms with E-state index in [0.29, 0.717) is 13.1 Å². The molecule has 1 saturated heterocycles. The maximum atomic E-state index is 12.0. The Hall–Kier alpha value is -1.34. The molecule has 1 aliphatic heterocycles. The number of hydrogen-bond acceptors (Lipinski definition) is 3. The molecule has 0 aliphatic carbocycles. The second-order valence-corrected chi connectivity index (χ2v) is 5.66. The van der Waals surface area contributed by atoms with Gasteiger partial charge in [-0.25, -0.2) is 8.42 Å². The van der Waals surface area contributed by atoms with E-state index < -0.39 is 15.9 Å². The van der Waals surface area contributed by atoms with Crippen LogP contribution in [0.15, 0.2) is 17.2 Å². The zero-order valence-corrected chi connectivity index (χ0v) is 9.46. The van der Waals surface area contributed by atoms with Crippen LogP contribution < -0.4 is 5.73 Å². The Labute approximate surface area is 93.5 Å². The number of sulfonamides is 1. The summed E-state index contributed by atoms with van der Waals surface area (Å²) in [7, 11) is -3.46. The number of nitrogens with one attached hydrogen (secondary N) is 1. The Morgan fingerprint density at radius 2 is 2.00 bits per heavy atom. The summed E-state index contributed by atoms with van der Waals surface area (Å²) in [4.78, 5) is 13.5. The van der Waals surface area contributed by atoms with Crippen molar-refractivity contribution in [3.05, 3.63) is 18.0 Å². The second-order valence-electron chi connectivity index (χ2n) is 3.72. The van der Waals surface area contributed by atoms with Gasteiger partial charge in [0.15, 0.2) is 0 Å². The van der Waals surface area contributed by atoms with E-state index in [-0.39, 0.29) is 10.6 Å². The van der Waals surface area contributed by atoms with Crippen molar-refractivity contribution in [3.8, 4) is 0 Å². The van der Waals surface area contributed by atoms with Gasteiger partial charge in [-0.2, -0.15) is 4.31 Å². The lowest BCUT2D eigenvalue weighted by Crippen LogP contribution is -2.27. The first-order valence-corrected chi connectivity index (χ1v) is 6.44. The van der Waals surface area contributed by atoms with Crippen LogP contribution in [0.2, 0.25) is 0 Å². The molecule has 3 N–H and O–H groups in total. The maximum absolute atomic E-state index is 12.0. The van der Waals surface area contributed by atoms with Gasteiger partial charge in [-0.3, -0.25) is 4.79 Å². The molecule has 6 nitrogen and oxygen atoms in total. The van der Waals surface area contributed by atoms with E-state index in [0.717, 1.165) is 12.8 Å². The summed E-state index contributed by atoms with van der Waals surface area (Å²) >= 11 is 0. The molecular weight excluding hydrogens is 230 g/mol. The summed E-state index contributed by atoms with van der Waals surface area (Å²) in [5, 5.41) is 0. The highest BCUT2D eigenvalue weighted by Gasteiger charge is 2.28. The van der Waals surface area contributed by atoms with Gasteiger partial charge < -0.3 is 10.7 Å². The zero-order valence-electron chi connectivity index (χ0n) is 8.64. The predicted molar refractivity (Wildman–Crippen MR) is 57.3 cm³/mol. The summed E-state index contributed by atoms with van der Waals surface area (Å²) in [5.41, 5.74) is 5.15. The fraction of sp³-hybridized carbons (Fsp3) is 0.444. The third-order valence-electron chi connectivity index (χ3n) is 2.62. The second kappa shape index (κ2) is 3.91. The molecule has 2 rings (SSSR count). The number of aromatic nitrogens is 1. The van der Waals surface area contributed by atoms with E-state index in [1.807, 2.05) is 0 Å². The average Bonchev–Trinajstić information content (AvgIpc) is 2.90. The number of rotatable bonds is 3. The molecule has 2 heterocycles. The summed E-state index contributed by atoms with van der Waals surface area (Å²) in [6.45, 7) is 1.08. The molecule has 1 fully saturated rings. The average molecular weight is 243 g/mol. The van der Waals surface area contributed by atoms with Gasteiger partial charge in [-0.15, -0.1) is 0 Å². The Balaban J connectivity index is 2.31. The van der Waals surface area contributed by atoms with Gasteiger partial charge in [0.05, 0.1) is 0 Å². The zero-order chi connectivity index (χ0) is 11.8. The molecule has 0 aromatic carbocycles. The fourth-order valence-electron chi connectivity index (χ4n) is 1.74. The Morgan fingerprint density at radius 3 is 2.50 bits per heavy atom. The molecule has 0 unspecified atom stereocenters.